The summed E-state index contributed by atoms with van der Waals surface area (Å²) >= 11 is 0. The van der Waals surface area contributed by atoms with E-state index < -0.39 is 0 Å². The zero-order valence-corrected chi connectivity index (χ0v) is 17.7. The van der Waals surface area contributed by atoms with Crippen LogP contribution in [0.25, 0.3) is 11.1 Å². The summed E-state index contributed by atoms with van der Waals surface area (Å²) in [6, 6.07) is 11.2. The monoisotopic (exact) mass is 372 g/mol. The summed E-state index contributed by atoms with van der Waals surface area (Å²) in [4.78, 5) is 0. The van der Waals surface area contributed by atoms with Crippen molar-refractivity contribution >= 4 is 0 Å². The summed E-state index contributed by atoms with van der Waals surface area (Å²) in [6.45, 7) is 13.5. The Morgan fingerprint density at radius 2 is 1.70 bits per heavy atom. The average Bonchev–Trinajstić information content (AvgIpc) is 2.59. The standard InChI is InChI=1S/C24H33FO2/c1-8-27-23(24(4,5)6)21-14-17(13-16(2)3)9-11-19(21)20-15-18(26-7)10-12-22(20)25/h9-12,14-16,23H,8,13H2,1-7H3/t23-/m0/s1. The number of rotatable bonds is 7. The van der Waals surface area contributed by atoms with Crippen molar-refractivity contribution in [1.29, 1.82) is 0 Å². The van der Waals surface area contributed by atoms with Crippen molar-refractivity contribution in [1.82, 2.24) is 0 Å². The summed E-state index contributed by atoms with van der Waals surface area (Å²) in [5.74, 6) is 0.947. The van der Waals surface area contributed by atoms with E-state index in [-0.39, 0.29) is 17.3 Å². The van der Waals surface area contributed by atoms with Crippen LogP contribution in [-0.2, 0) is 11.2 Å². The van der Waals surface area contributed by atoms with Gasteiger partial charge in [0.05, 0.1) is 13.2 Å². The largest absolute Gasteiger partial charge is 0.497 e. The van der Waals surface area contributed by atoms with Crippen LogP contribution in [0.3, 0.4) is 0 Å². The van der Waals surface area contributed by atoms with Gasteiger partial charge >= 0.3 is 0 Å². The molecule has 3 heteroatoms. The minimum Gasteiger partial charge on any atom is -0.497 e. The Morgan fingerprint density at radius 3 is 2.26 bits per heavy atom. The lowest BCUT2D eigenvalue weighted by Gasteiger charge is -2.33. The van der Waals surface area contributed by atoms with Crippen LogP contribution in [0.4, 0.5) is 4.39 Å². The second-order valence-electron chi connectivity index (χ2n) is 8.57. The summed E-state index contributed by atoms with van der Waals surface area (Å²) < 4.78 is 26.2. The fraction of sp³-hybridized carbons (Fsp3) is 0.500. The van der Waals surface area contributed by atoms with E-state index in [4.69, 9.17) is 9.47 Å². The van der Waals surface area contributed by atoms with Gasteiger partial charge in [-0.25, -0.2) is 4.39 Å². The first-order chi connectivity index (χ1) is 12.7. The average molecular weight is 373 g/mol. The van der Waals surface area contributed by atoms with E-state index in [1.54, 1.807) is 19.2 Å². The molecule has 0 spiro atoms. The summed E-state index contributed by atoms with van der Waals surface area (Å²) in [5.41, 5.74) is 3.59. The van der Waals surface area contributed by atoms with Crippen molar-refractivity contribution in [2.75, 3.05) is 13.7 Å². The number of methoxy groups -OCH3 is 1. The molecule has 0 aliphatic carbocycles. The zero-order valence-electron chi connectivity index (χ0n) is 17.7. The molecule has 2 rings (SSSR count). The molecule has 0 fully saturated rings. The van der Waals surface area contributed by atoms with Crippen molar-refractivity contribution < 1.29 is 13.9 Å². The highest BCUT2D eigenvalue weighted by Gasteiger charge is 2.30. The summed E-state index contributed by atoms with van der Waals surface area (Å²) in [5, 5.41) is 0. The molecule has 0 aliphatic rings. The Labute approximate surface area is 163 Å². The van der Waals surface area contributed by atoms with E-state index >= 15 is 0 Å². The van der Waals surface area contributed by atoms with E-state index in [0.717, 1.165) is 17.5 Å². The Kier molecular flexibility index (Phi) is 7.05. The molecular formula is C24H33FO2. The topological polar surface area (TPSA) is 18.5 Å². The van der Waals surface area contributed by atoms with E-state index in [1.165, 1.54) is 11.6 Å². The number of benzene rings is 2. The highest BCUT2D eigenvalue weighted by molar-refractivity contribution is 5.70. The quantitative estimate of drug-likeness (QED) is 0.531. The molecule has 0 radical (unpaired) electrons. The van der Waals surface area contributed by atoms with Crippen LogP contribution < -0.4 is 4.74 Å². The Morgan fingerprint density at radius 1 is 1.00 bits per heavy atom. The first kappa shape index (κ1) is 21.4. The van der Waals surface area contributed by atoms with E-state index in [9.17, 15) is 4.39 Å². The van der Waals surface area contributed by atoms with Gasteiger partial charge in [-0.05, 0) is 59.6 Å². The molecule has 27 heavy (non-hydrogen) atoms. The van der Waals surface area contributed by atoms with Crippen LogP contribution >= 0.6 is 0 Å². The molecule has 0 saturated heterocycles. The minimum atomic E-state index is -0.252. The molecule has 0 bridgehead atoms. The van der Waals surface area contributed by atoms with Crippen molar-refractivity contribution in [3.8, 4) is 16.9 Å². The maximum absolute atomic E-state index is 14.7. The van der Waals surface area contributed by atoms with Gasteiger partial charge in [0.2, 0.25) is 0 Å². The van der Waals surface area contributed by atoms with Crippen LogP contribution in [0.15, 0.2) is 36.4 Å². The first-order valence-electron chi connectivity index (χ1n) is 9.75. The summed E-state index contributed by atoms with van der Waals surface area (Å²) in [6.07, 6.45) is 0.854. The predicted molar refractivity (Wildman–Crippen MR) is 111 cm³/mol. The van der Waals surface area contributed by atoms with Gasteiger partial charge in [-0.2, -0.15) is 0 Å². The number of ether oxygens (including phenoxy) is 2. The van der Waals surface area contributed by atoms with Gasteiger partial charge in [0, 0.05) is 12.2 Å². The molecule has 2 aromatic carbocycles. The maximum atomic E-state index is 14.7. The molecule has 0 N–H and O–H groups in total. The molecule has 0 amide bonds. The van der Waals surface area contributed by atoms with Crippen LogP contribution in [0.2, 0.25) is 0 Å². The molecule has 2 aromatic rings. The van der Waals surface area contributed by atoms with E-state index in [2.05, 4.69) is 46.8 Å². The molecule has 0 unspecified atom stereocenters. The van der Waals surface area contributed by atoms with Gasteiger partial charge in [0.15, 0.2) is 0 Å². The maximum Gasteiger partial charge on any atom is 0.131 e. The lowest BCUT2D eigenvalue weighted by Crippen LogP contribution is -2.22. The third-order valence-electron chi connectivity index (χ3n) is 4.63. The van der Waals surface area contributed by atoms with Crippen LogP contribution in [0, 0.1) is 17.2 Å². The van der Waals surface area contributed by atoms with Crippen LogP contribution in [0.5, 0.6) is 5.75 Å². The molecule has 0 heterocycles. The van der Waals surface area contributed by atoms with Crippen molar-refractivity contribution in [2.24, 2.45) is 11.3 Å². The van der Waals surface area contributed by atoms with Gasteiger partial charge in [0.1, 0.15) is 11.6 Å². The Balaban J connectivity index is 2.69. The van der Waals surface area contributed by atoms with Gasteiger partial charge in [-0.3, -0.25) is 0 Å². The number of hydrogen-bond acceptors (Lipinski definition) is 2. The molecule has 0 saturated carbocycles. The fourth-order valence-corrected chi connectivity index (χ4v) is 3.48. The normalized spacial score (nSPS) is 13.1. The third-order valence-corrected chi connectivity index (χ3v) is 4.63. The van der Waals surface area contributed by atoms with Gasteiger partial charge < -0.3 is 9.47 Å². The van der Waals surface area contributed by atoms with Crippen molar-refractivity contribution in [3.05, 3.63) is 53.3 Å². The highest BCUT2D eigenvalue weighted by atomic mass is 19.1. The van der Waals surface area contributed by atoms with E-state index in [1.807, 2.05) is 13.0 Å². The molecule has 0 aliphatic heterocycles. The Bertz CT molecular complexity index is 759. The van der Waals surface area contributed by atoms with E-state index in [0.29, 0.717) is 23.8 Å². The van der Waals surface area contributed by atoms with Crippen LogP contribution in [0.1, 0.15) is 58.8 Å². The van der Waals surface area contributed by atoms with Gasteiger partial charge in [0.25, 0.3) is 0 Å². The zero-order chi connectivity index (χ0) is 20.2. The molecule has 1 atom stereocenters. The van der Waals surface area contributed by atoms with Crippen molar-refractivity contribution in [3.63, 3.8) is 0 Å². The number of hydrogen-bond donors (Lipinski definition) is 0. The van der Waals surface area contributed by atoms with Crippen LogP contribution in [-0.4, -0.2) is 13.7 Å². The SMILES string of the molecule is CCO[C@@H](c1cc(CC(C)C)ccc1-c1cc(OC)ccc1F)C(C)(C)C. The molecule has 0 aromatic heterocycles. The Hall–Kier alpha value is -1.87. The number of halogens is 1. The van der Waals surface area contributed by atoms with Crippen molar-refractivity contribution in [2.45, 2.75) is 54.1 Å². The first-order valence-corrected chi connectivity index (χ1v) is 9.75. The lowest BCUT2D eigenvalue weighted by molar-refractivity contribution is -0.0129. The second kappa shape index (κ2) is 8.88. The molecule has 2 nitrogen and oxygen atoms in total. The third kappa shape index (κ3) is 5.32. The smallest absolute Gasteiger partial charge is 0.131 e. The van der Waals surface area contributed by atoms with Gasteiger partial charge in [-0.15, -0.1) is 0 Å². The highest BCUT2D eigenvalue weighted by Crippen LogP contribution is 2.42. The summed E-state index contributed by atoms with van der Waals surface area (Å²) in [7, 11) is 1.60. The fourth-order valence-electron chi connectivity index (χ4n) is 3.48. The lowest BCUT2D eigenvalue weighted by atomic mass is 9.80. The molecular weight excluding hydrogens is 339 g/mol. The second-order valence-corrected chi connectivity index (χ2v) is 8.57. The molecule has 148 valence electrons. The van der Waals surface area contributed by atoms with Gasteiger partial charge in [-0.1, -0.05) is 52.8 Å². The minimum absolute atomic E-state index is 0.115. The predicted octanol–water partition coefficient (Wildman–Crippen LogP) is 6.82.